The minimum Gasteiger partial charge on any atom is -0.383 e. The van der Waals surface area contributed by atoms with Crippen molar-refractivity contribution in [3.8, 4) is 0 Å². The van der Waals surface area contributed by atoms with Crippen molar-refractivity contribution >= 4 is 5.91 Å². The van der Waals surface area contributed by atoms with E-state index in [1.807, 2.05) is 6.92 Å². The van der Waals surface area contributed by atoms with Crippen molar-refractivity contribution in [2.24, 2.45) is 5.92 Å². The summed E-state index contributed by atoms with van der Waals surface area (Å²) in [5.41, 5.74) is 0. The second-order valence-corrected chi connectivity index (χ2v) is 5.04. The van der Waals surface area contributed by atoms with Crippen LogP contribution in [0.5, 0.6) is 0 Å². The van der Waals surface area contributed by atoms with Crippen LogP contribution in [0, 0.1) is 5.92 Å². The van der Waals surface area contributed by atoms with Crippen LogP contribution in [0.2, 0.25) is 0 Å². The molecule has 0 aromatic carbocycles. The summed E-state index contributed by atoms with van der Waals surface area (Å²) in [7, 11) is 1.63. The van der Waals surface area contributed by atoms with Crippen molar-refractivity contribution in [3.05, 3.63) is 0 Å². The molecule has 0 aromatic heterocycles. The van der Waals surface area contributed by atoms with E-state index in [9.17, 15) is 4.79 Å². The predicted molar refractivity (Wildman–Crippen MR) is 71.0 cm³/mol. The van der Waals surface area contributed by atoms with Gasteiger partial charge >= 0.3 is 0 Å². The summed E-state index contributed by atoms with van der Waals surface area (Å²) >= 11 is 0. The second kappa shape index (κ2) is 9.42. The van der Waals surface area contributed by atoms with Crippen molar-refractivity contribution in [1.29, 1.82) is 0 Å². The Labute approximate surface area is 105 Å². The van der Waals surface area contributed by atoms with Crippen molar-refractivity contribution in [2.75, 3.05) is 20.3 Å². The zero-order valence-electron chi connectivity index (χ0n) is 11.9. The summed E-state index contributed by atoms with van der Waals surface area (Å²) in [4.78, 5) is 11.7. The molecule has 4 nitrogen and oxygen atoms in total. The van der Waals surface area contributed by atoms with E-state index in [1.165, 1.54) is 6.42 Å². The molecule has 0 saturated carbocycles. The van der Waals surface area contributed by atoms with E-state index in [1.54, 1.807) is 7.11 Å². The molecular weight excluding hydrogens is 216 g/mol. The molecule has 0 aliphatic rings. The summed E-state index contributed by atoms with van der Waals surface area (Å²) < 4.78 is 4.88. The Balaban J connectivity index is 3.74. The maximum absolute atomic E-state index is 11.7. The van der Waals surface area contributed by atoms with Gasteiger partial charge in [-0.25, -0.2) is 0 Å². The fourth-order valence-electron chi connectivity index (χ4n) is 1.60. The van der Waals surface area contributed by atoms with Crippen LogP contribution < -0.4 is 10.6 Å². The third-order valence-corrected chi connectivity index (χ3v) is 2.71. The molecule has 17 heavy (non-hydrogen) atoms. The van der Waals surface area contributed by atoms with E-state index < -0.39 is 0 Å². The van der Waals surface area contributed by atoms with Gasteiger partial charge in [0.1, 0.15) is 0 Å². The van der Waals surface area contributed by atoms with Crippen LogP contribution >= 0.6 is 0 Å². The Hall–Kier alpha value is -0.610. The molecule has 0 aromatic rings. The second-order valence-electron chi connectivity index (χ2n) is 5.04. The van der Waals surface area contributed by atoms with Crippen LogP contribution in [0.3, 0.4) is 0 Å². The Morgan fingerprint density at radius 1 is 1.18 bits per heavy atom. The van der Waals surface area contributed by atoms with Gasteiger partial charge < -0.3 is 15.4 Å². The lowest BCUT2D eigenvalue weighted by Crippen LogP contribution is -2.46. The number of hydrogen-bond acceptors (Lipinski definition) is 3. The molecule has 0 rings (SSSR count). The molecule has 2 unspecified atom stereocenters. The van der Waals surface area contributed by atoms with E-state index >= 15 is 0 Å². The van der Waals surface area contributed by atoms with Crippen molar-refractivity contribution in [1.82, 2.24) is 10.6 Å². The first-order chi connectivity index (χ1) is 7.97. The zero-order chi connectivity index (χ0) is 13.3. The quantitative estimate of drug-likeness (QED) is 0.605. The standard InChI is InChI=1S/C13H28N2O2/c1-10(2)6-7-11(3)15-12(4)13(16)14-8-9-17-5/h10-12,15H,6-9H2,1-5H3,(H,14,16). The van der Waals surface area contributed by atoms with Crippen LogP contribution in [0.25, 0.3) is 0 Å². The number of methoxy groups -OCH3 is 1. The van der Waals surface area contributed by atoms with Crippen LogP contribution in [0.4, 0.5) is 0 Å². The van der Waals surface area contributed by atoms with Gasteiger partial charge in [-0.2, -0.15) is 0 Å². The topological polar surface area (TPSA) is 50.4 Å². The highest BCUT2D eigenvalue weighted by molar-refractivity contribution is 5.81. The maximum atomic E-state index is 11.7. The average Bonchev–Trinajstić information content (AvgIpc) is 2.26. The SMILES string of the molecule is COCCNC(=O)C(C)NC(C)CCC(C)C. The largest absolute Gasteiger partial charge is 0.383 e. The molecule has 0 radical (unpaired) electrons. The number of ether oxygens (including phenoxy) is 1. The Kier molecular flexibility index (Phi) is 9.09. The van der Waals surface area contributed by atoms with Crippen molar-refractivity contribution in [3.63, 3.8) is 0 Å². The molecule has 0 spiro atoms. The van der Waals surface area contributed by atoms with Crippen molar-refractivity contribution < 1.29 is 9.53 Å². The third-order valence-electron chi connectivity index (χ3n) is 2.71. The fraction of sp³-hybridized carbons (Fsp3) is 0.923. The Morgan fingerprint density at radius 3 is 2.35 bits per heavy atom. The molecule has 4 heteroatoms. The van der Waals surface area contributed by atoms with Crippen LogP contribution in [-0.2, 0) is 9.53 Å². The smallest absolute Gasteiger partial charge is 0.236 e. The molecule has 0 heterocycles. The molecule has 0 fully saturated rings. The van der Waals surface area contributed by atoms with Gasteiger partial charge in [0.2, 0.25) is 5.91 Å². The molecule has 1 amide bonds. The Morgan fingerprint density at radius 2 is 1.82 bits per heavy atom. The van der Waals surface area contributed by atoms with Crippen molar-refractivity contribution in [2.45, 2.75) is 52.6 Å². The van der Waals surface area contributed by atoms with Gasteiger partial charge in [0.05, 0.1) is 12.6 Å². The zero-order valence-corrected chi connectivity index (χ0v) is 11.9. The minimum atomic E-state index is -0.144. The monoisotopic (exact) mass is 244 g/mol. The fourth-order valence-corrected chi connectivity index (χ4v) is 1.60. The Bertz CT molecular complexity index is 208. The normalized spacial score (nSPS) is 14.7. The van der Waals surface area contributed by atoms with Crippen LogP contribution in [0.1, 0.15) is 40.5 Å². The molecule has 0 aliphatic heterocycles. The summed E-state index contributed by atoms with van der Waals surface area (Å²) in [5.74, 6) is 0.753. The van der Waals surface area contributed by atoms with Gasteiger partial charge in [-0.15, -0.1) is 0 Å². The first-order valence-electron chi connectivity index (χ1n) is 6.50. The van der Waals surface area contributed by atoms with Gasteiger partial charge in [0.25, 0.3) is 0 Å². The van der Waals surface area contributed by atoms with E-state index in [-0.39, 0.29) is 11.9 Å². The lowest BCUT2D eigenvalue weighted by molar-refractivity contribution is -0.123. The molecular formula is C13H28N2O2. The van der Waals surface area contributed by atoms with Gasteiger partial charge in [0.15, 0.2) is 0 Å². The van der Waals surface area contributed by atoms with Crippen LogP contribution in [-0.4, -0.2) is 38.3 Å². The predicted octanol–water partition coefficient (Wildman–Crippen LogP) is 1.55. The van der Waals surface area contributed by atoms with Gasteiger partial charge in [-0.1, -0.05) is 13.8 Å². The number of amides is 1. The number of hydrogen-bond donors (Lipinski definition) is 2. The van der Waals surface area contributed by atoms with Gasteiger partial charge in [-0.05, 0) is 32.6 Å². The summed E-state index contributed by atoms with van der Waals surface area (Å²) in [5, 5.41) is 6.14. The average molecular weight is 244 g/mol. The summed E-state index contributed by atoms with van der Waals surface area (Å²) in [6.07, 6.45) is 2.29. The first-order valence-corrected chi connectivity index (χ1v) is 6.50. The maximum Gasteiger partial charge on any atom is 0.236 e. The van der Waals surface area contributed by atoms with Gasteiger partial charge in [0, 0.05) is 19.7 Å². The van der Waals surface area contributed by atoms with Gasteiger partial charge in [-0.3, -0.25) is 4.79 Å². The highest BCUT2D eigenvalue weighted by atomic mass is 16.5. The lowest BCUT2D eigenvalue weighted by atomic mass is 10.0. The lowest BCUT2D eigenvalue weighted by Gasteiger charge is -2.20. The van der Waals surface area contributed by atoms with E-state index in [4.69, 9.17) is 4.74 Å². The number of carbonyl (C=O) groups is 1. The molecule has 2 N–H and O–H groups in total. The number of rotatable bonds is 9. The number of nitrogens with one attached hydrogen (secondary N) is 2. The first kappa shape index (κ1) is 16.4. The summed E-state index contributed by atoms with van der Waals surface area (Å²) in [6.45, 7) is 9.58. The molecule has 0 aliphatic carbocycles. The number of carbonyl (C=O) groups excluding carboxylic acids is 1. The van der Waals surface area contributed by atoms with E-state index in [0.29, 0.717) is 25.1 Å². The van der Waals surface area contributed by atoms with E-state index in [2.05, 4.69) is 31.4 Å². The highest BCUT2D eigenvalue weighted by Crippen LogP contribution is 2.06. The molecule has 0 saturated heterocycles. The molecule has 2 atom stereocenters. The third kappa shape index (κ3) is 9.12. The summed E-state index contributed by atoms with van der Waals surface area (Å²) in [6, 6.07) is 0.231. The highest BCUT2D eigenvalue weighted by Gasteiger charge is 2.14. The molecule has 102 valence electrons. The van der Waals surface area contributed by atoms with Crippen LogP contribution in [0.15, 0.2) is 0 Å². The minimum absolute atomic E-state index is 0.0402. The molecule has 0 bridgehead atoms. The van der Waals surface area contributed by atoms with E-state index in [0.717, 1.165) is 6.42 Å².